The van der Waals surface area contributed by atoms with E-state index in [2.05, 4.69) is 15.3 Å². The van der Waals surface area contributed by atoms with Crippen molar-refractivity contribution in [3.8, 4) is 5.75 Å². The number of rotatable bonds is 13. The van der Waals surface area contributed by atoms with Gasteiger partial charge in [0.05, 0.1) is 42.8 Å². The number of aliphatic hydroxyl groups excluding tert-OH is 1. The maximum atomic E-state index is 13.2. The number of imidazole rings is 1. The molecule has 2 aromatic heterocycles. The number of nitrogens with one attached hydrogen (secondary N) is 2. The molecule has 222 valence electrons. The van der Waals surface area contributed by atoms with Crippen LogP contribution in [0.3, 0.4) is 0 Å². The summed E-state index contributed by atoms with van der Waals surface area (Å²) in [7, 11) is -2.39. The van der Waals surface area contributed by atoms with Gasteiger partial charge in [0.2, 0.25) is 16.3 Å². The number of allylic oxidation sites excluding steroid dienone is 1. The standard InChI is InChI=1S/C29H32N4O7S2/c1-38-22-6-8-23(9-7-22)42(36,37)33(11-13-34)12-14-39-28-17-21(20-10-15-41-19-20)16-26(40-28)29(35)30-18-27-31-24-4-2-3-5-25(24)32-27/h2-10,15-16,19,21,28,34H,11-14,17-18H2,1H3,(H,30,35)(H,31,32)/t21-,28+/m0/s1. The number of thiophene rings is 1. The third-order valence-electron chi connectivity index (χ3n) is 6.80. The van der Waals surface area contributed by atoms with Gasteiger partial charge in [0.1, 0.15) is 11.6 Å². The molecule has 3 heterocycles. The van der Waals surface area contributed by atoms with Crippen molar-refractivity contribution < 1.29 is 32.5 Å². The number of aromatic nitrogens is 2. The van der Waals surface area contributed by atoms with Gasteiger partial charge >= 0.3 is 0 Å². The number of hydrogen-bond acceptors (Lipinski definition) is 9. The molecule has 0 unspecified atom stereocenters. The summed E-state index contributed by atoms with van der Waals surface area (Å²) in [6, 6.07) is 15.6. The molecule has 1 aliphatic rings. The molecule has 0 aliphatic carbocycles. The minimum atomic E-state index is -3.89. The number of para-hydroxylation sites is 2. The molecular formula is C29H32N4O7S2. The summed E-state index contributed by atoms with van der Waals surface area (Å²) >= 11 is 1.55. The molecule has 1 aliphatic heterocycles. The SMILES string of the molecule is COc1ccc(S(=O)(=O)N(CCO)CCO[C@H]2C[C@@H](c3ccsc3)C=C(C(=O)NCc3nc4ccccc4[nH]3)O2)cc1. The van der Waals surface area contributed by atoms with Gasteiger partial charge in [0, 0.05) is 25.4 Å². The minimum absolute atomic E-state index is 0.00963. The van der Waals surface area contributed by atoms with Gasteiger partial charge in [-0.1, -0.05) is 12.1 Å². The number of hydrogen-bond donors (Lipinski definition) is 3. The number of nitrogens with zero attached hydrogens (tertiary/aromatic N) is 2. The summed E-state index contributed by atoms with van der Waals surface area (Å²) in [4.78, 5) is 20.9. The largest absolute Gasteiger partial charge is 0.497 e. The summed E-state index contributed by atoms with van der Waals surface area (Å²) < 4.78 is 44.6. The third-order valence-corrected chi connectivity index (χ3v) is 9.41. The number of carbonyl (C=O) groups is 1. The average Bonchev–Trinajstić information content (AvgIpc) is 3.70. The van der Waals surface area contributed by atoms with Crippen molar-refractivity contribution in [2.45, 2.75) is 30.1 Å². The predicted molar refractivity (Wildman–Crippen MR) is 157 cm³/mol. The van der Waals surface area contributed by atoms with Crippen LogP contribution >= 0.6 is 11.3 Å². The number of H-pyrrole nitrogens is 1. The van der Waals surface area contributed by atoms with Crippen LogP contribution in [0.4, 0.5) is 0 Å². The highest BCUT2D eigenvalue weighted by Crippen LogP contribution is 2.32. The van der Waals surface area contributed by atoms with E-state index >= 15 is 0 Å². The van der Waals surface area contributed by atoms with E-state index in [0.29, 0.717) is 18.0 Å². The Bertz CT molecular complexity index is 1590. The second-order valence-electron chi connectivity index (χ2n) is 9.53. The lowest BCUT2D eigenvalue weighted by molar-refractivity contribution is -0.146. The first-order valence-electron chi connectivity index (χ1n) is 13.4. The third kappa shape index (κ3) is 6.99. The Kier molecular flexibility index (Phi) is 9.55. The zero-order valence-corrected chi connectivity index (χ0v) is 24.6. The monoisotopic (exact) mass is 612 g/mol. The zero-order valence-electron chi connectivity index (χ0n) is 22.9. The number of sulfonamides is 1. The first kappa shape index (κ1) is 29.7. The lowest BCUT2D eigenvalue weighted by atomic mass is 9.95. The molecule has 1 amide bonds. The second kappa shape index (κ2) is 13.5. The highest BCUT2D eigenvalue weighted by molar-refractivity contribution is 7.89. The first-order valence-corrected chi connectivity index (χ1v) is 15.7. The van der Waals surface area contributed by atoms with Crippen molar-refractivity contribution in [3.63, 3.8) is 0 Å². The van der Waals surface area contributed by atoms with E-state index in [-0.39, 0.29) is 49.4 Å². The number of aliphatic hydroxyl groups is 1. The summed E-state index contributed by atoms with van der Waals surface area (Å²) in [5.74, 6) is 0.736. The van der Waals surface area contributed by atoms with Crippen molar-refractivity contribution in [2.24, 2.45) is 0 Å². The number of amides is 1. The number of aromatic amines is 1. The van der Waals surface area contributed by atoms with E-state index in [1.165, 1.54) is 19.2 Å². The Labute approximate surface area is 247 Å². The average molecular weight is 613 g/mol. The predicted octanol–water partition coefficient (Wildman–Crippen LogP) is 3.36. The van der Waals surface area contributed by atoms with Crippen LogP contribution in [0.2, 0.25) is 0 Å². The number of ether oxygens (including phenoxy) is 3. The maximum Gasteiger partial charge on any atom is 0.286 e. The molecule has 0 saturated heterocycles. The van der Waals surface area contributed by atoms with Crippen molar-refractivity contribution in [1.82, 2.24) is 19.6 Å². The van der Waals surface area contributed by atoms with Crippen LogP contribution < -0.4 is 10.1 Å². The lowest BCUT2D eigenvalue weighted by Gasteiger charge is -2.29. The molecule has 13 heteroatoms. The lowest BCUT2D eigenvalue weighted by Crippen LogP contribution is -2.38. The Morgan fingerprint density at radius 2 is 2.00 bits per heavy atom. The van der Waals surface area contributed by atoms with Gasteiger partial charge in [-0.25, -0.2) is 13.4 Å². The van der Waals surface area contributed by atoms with Gasteiger partial charge in [-0.05, 0) is 64.9 Å². The van der Waals surface area contributed by atoms with E-state index in [1.54, 1.807) is 29.5 Å². The first-order chi connectivity index (χ1) is 20.4. The molecule has 2 atom stereocenters. The summed E-state index contributed by atoms with van der Waals surface area (Å²) in [5, 5.41) is 16.4. The van der Waals surface area contributed by atoms with Gasteiger partial charge in [0.15, 0.2) is 5.76 Å². The van der Waals surface area contributed by atoms with Gasteiger partial charge in [-0.3, -0.25) is 4.79 Å². The highest BCUT2D eigenvalue weighted by Gasteiger charge is 2.30. The molecule has 0 saturated carbocycles. The highest BCUT2D eigenvalue weighted by atomic mass is 32.2. The normalized spacial score (nSPS) is 17.2. The second-order valence-corrected chi connectivity index (χ2v) is 12.3. The maximum absolute atomic E-state index is 13.2. The minimum Gasteiger partial charge on any atom is -0.497 e. The smallest absolute Gasteiger partial charge is 0.286 e. The Balaban J connectivity index is 1.23. The zero-order chi connectivity index (χ0) is 29.5. The van der Waals surface area contributed by atoms with Crippen molar-refractivity contribution in [3.05, 3.63) is 88.6 Å². The van der Waals surface area contributed by atoms with Crippen LogP contribution in [0, 0.1) is 0 Å². The van der Waals surface area contributed by atoms with Gasteiger partial charge in [0.25, 0.3) is 5.91 Å². The van der Waals surface area contributed by atoms with E-state index in [1.807, 2.05) is 41.1 Å². The van der Waals surface area contributed by atoms with Crippen molar-refractivity contribution >= 4 is 38.3 Å². The van der Waals surface area contributed by atoms with Gasteiger partial charge < -0.3 is 29.6 Å². The van der Waals surface area contributed by atoms with Crippen molar-refractivity contribution in [2.75, 3.05) is 33.4 Å². The number of benzene rings is 2. The van der Waals surface area contributed by atoms with Gasteiger partial charge in [-0.15, -0.1) is 0 Å². The topological polar surface area (TPSA) is 143 Å². The fraction of sp³-hybridized carbons (Fsp3) is 0.310. The fourth-order valence-electron chi connectivity index (χ4n) is 4.62. The number of fused-ring (bicyclic) bond motifs is 1. The van der Waals surface area contributed by atoms with Crippen molar-refractivity contribution in [1.29, 1.82) is 0 Å². The van der Waals surface area contributed by atoms with Crippen LogP contribution in [0.1, 0.15) is 23.7 Å². The molecule has 0 bridgehead atoms. The van der Waals surface area contributed by atoms with Gasteiger partial charge in [-0.2, -0.15) is 15.6 Å². The Morgan fingerprint density at radius 3 is 2.71 bits per heavy atom. The van der Waals surface area contributed by atoms with E-state index < -0.39 is 22.2 Å². The molecule has 0 spiro atoms. The summed E-state index contributed by atoms with van der Waals surface area (Å²) in [6.07, 6.45) is 1.44. The molecule has 2 aromatic carbocycles. The fourth-order valence-corrected chi connectivity index (χ4v) is 6.76. The quantitative estimate of drug-likeness (QED) is 0.209. The molecule has 5 rings (SSSR count). The molecule has 0 fully saturated rings. The summed E-state index contributed by atoms with van der Waals surface area (Å²) in [6.45, 7) is -0.300. The Morgan fingerprint density at radius 1 is 1.19 bits per heavy atom. The molecule has 0 radical (unpaired) electrons. The van der Waals surface area contributed by atoms with Crippen LogP contribution in [-0.4, -0.2) is 73.4 Å². The molecule has 42 heavy (non-hydrogen) atoms. The molecule has 4 aromatic rings. The molecular weight excluding hydrogens is 580 g/mol. The van der Waals surface area contributed by atoms with Crippen LogP contribution in [0.5, 0.6) is 5.75 Å². The number of carbonyl (C=O) groups excluding carboxylic acids is 1. The molecule has 11 nitrogen and oxygen atoms in total. The van der Waals surface area contributed by atoms with Crippen LogP contribution in [-0.2, 0) is 30.8 Å². The van der Waals surface area contributed by atoms with E-state index in [9.17, 15) is 18.3 Å². The number of methoxy groups -OCH3 is 1. The summed E-state index contributed by atoms with van der Waals surface area (Å²) in [5.41, 5.74) is 2.72. The van der Waals surface area contributed by atoms with E-state index in [4.69, 9.17) is 14.2 Å². The van der Waals surface area contributed by atoms with Crippen LogP contribution in [0.15, 0.2) is 82.1 Å². The van der Waals surface area contributed by atoms with E-state index in [0.717, 1.165) is 20.9 Å². The van der Waals surface area contributed by atoms with Crippen LogP contribution in [0.25, 0.3) is 11.0 Å². The molecule has 3 N–H and O–H groups in total. The Hall–Kier alpha value is -3.75.